The monoisotopic (exact) mass is 442 g/mol. The number of imidazole rings is 1. The fraction of sp³-hybridized carbons (Fsp3) is 0.391. The van der Waals surface area contributed by atoms with Gasteiger partial charge in [-0.1, -0.05) is 30.7 Å². The van der Waals surface area contributed by atoms with Gasteiger partial charge in [0.25, 0.3) is 0 Å². The Morgan fingerprint density at radius 3 is 2.42 bits per heavy atom. The van der Waals surface area contributed by atoms with E-state index < -0.39 is 0 Å². The number of ether oxygens (including phenoxy) is 1. The number of carbonyl (C=O) groups excluding carboxylic acids is 1. The van der Waals surface area contributed by atoms with Crippen molar-refractivity contribution in [3.05, 3.63) is 58.0 Å². The van der Waals surface area contributed by atoms with E-state index in [1.54, 1.807) is 15.2 Å². The van der Waals surface area contributed by atoms with Gasteiger partial charge in [0, 0.05) is 37.6 Å². The minimum Gasteiger partial charge on any atom is -0.378 e. The molecule has 0 bridgehead atoms. The minimum atomic E-state index is -0.156. The number of fused-ring (bicyclic) bond motifs is 1. The lowest BCUT2D eigenvalue weighted by Crippen LogP contribution is -2.36. The van der Waals surface area contributed by atoms with Gasteiger partial charge in [-0.15, -0.1) is 0 Å². The van der Waals surface area contributed by atoms with Crippen LogP contribution in [0.5, 0.6) is 0 Å². The van der Waals surface area contributed by atoms with Crippen LogP contribution in [0, 0.1) is 0 Å². The van der Waals surface area contributed by atoms with Gasteiger partial charge in [-0.3, -0.25) is 13.9 Å². The second-order valence-corrected chi connectivity index (χ2v) is 8.07. The van der Waals surface area contributed by atoms with Crippen LogP contribution >= 0.6 is 11.6 Å². The van der Waals surface area contributed by atoms with Crippen molar-refractivity contribution in [2.45, 2.75) is 32.9 Å². The molecule has 2 heterocycles. The van der Waals surface area contributed by atoms with Crippen LogP contribution in [-0.2, 0) is 22.6 Å². The summed E-state index contributed by atoms with van der Waals surface area (Å²) < 4.78 is 8.89. The number of anilines is 2. The summed E-state index contributed by atoms with van der Waals surface area (Å²) in [4.78, 5) is 27.9. The van der Waals surface area contributed by atoms with Crippen LogP contribution in [0.15, 0.2) is 47.3 Å². The fourth-order valence-corrected chi connectivity index (χ4v) is 4.21. The van der Waals surface area contributed by atoms with E-state index in [1.807, 2.05) is 43.3 Å². The van der Waals surface area contributed by atoms with Crippen LogP contribution in [0.25, 0.3) is 11.0 Å². The predicted molar refractivity (Wildman–Crippen MR) is 124 cm³/mol. The van der Waals surface area contributed by atoms with Crippen LogP contribution in [0.3, 0.4) is 0 Å². The lowest BCUT2D eigenvalue weighted by molar-refractivity contribution is -0.116. The first-order valence-electron chi connectivity index (χ1n) is 10.7. The second kappa shape index (κ2) is 9.58. The molecule has 1 aromatic heterocycles. The highest BCUT2D eigenvalue weighted by molar-refractivity contribution is 6.31. The molecule has 0 radical (unpaired) electrons. The summed E-state index contributed by atoms with van der Waals surface area (Å²) in [6, 6.07) is 13.2. The molecule has 7 nitrogen and oxygen atoms in total. The standard InChI is InChI=1S/C23H27ClN4O3/c1-2-10-27-20-5-3-4-6-21(20)28(23(27)30)11-9-22(29)25-18-16-17(24)7-8-19(18)26-12-14-31-15-13-26/h3-8,16H,2,9-15H2,1H3,(H,25,29). The molecular weight excluding hydrogens is 416 g/mol. The quantitative estimate of drug-likeness (QED) is 0.605. The predicted octanol–water partition coefficient (Wildman–Crippen LogP) is 3.73. The number of aromatic nitrogens is 2. The van der Waals surface area contributed by atoms with E-state index in [2.05, 4.69) is 10.2 Å². The summed E-state index contributed by atoms with van der Waals surface area (Å²) in [7, 11) is 0. The molecule has 1 N–H and O–H groups in total. The van der Waals surface area contributed by atoms with Crippen molar-refractivity contribution >= 4 is 39.9 Å². The molecular formula is C23H27ClN4O3. The van der Waals surface area contributed by atoms with Crippen molar-refractivity contribution in [2.24, 2.45) is 0 Å². The summed E-state index contributed by atoms with van der Waals surface area (Å²) in [6.45, 7) is 5.84. The molecule has 1 aliphatic heterocycles. The zero-order valence-corrected chi connectivity index (χ0v) is 18.4. The van der Waals surface area contributed by atoms with E-state index in [0.717, 1.165) is 36.2 Å². The average Bonchev–Trinajstić information content (AvgIpc) is 3.04. The van der Waals surface area contributed by atoms with Gasteiger partial charge >= 0.3 is 5.69 Å². The molecule has 3 aromatic rings. The maximum absolute atomic E-state index is 12.9. The SMILES string of the molecule is CCCn1c(=O)n(CCC(=O)Nc2cc(Cl)ccc2N2CCOCC2)c2ccccc21. The Kier molecular flexibility index (Phi) is 6.63. The number of hydrogen-bond donors (Lipinski definition) is 1. The van der Waals surface area contributed by atoms with E-state index in [-0.39, 0.29) is 18.0 Å². The Bertz CT molecular complexity index is 1130. The summed E-state index contributed by atoms with van der Waals surface area (Å²) in [5.74, 6) is -0.156. The van der Waals surface area contributed by atoms with Crippen LogP contribution in [0.1, 0.15) is 19.8 Å². The second-order valence-electron chi connectivity index (χ2n) is 7.63. The number of carbonyl (C=O) groups is 1. The molecule has 0 spiro atoms. The first kappa shape index (κ1) is 21.5. The van der Waals surface area contributed by atoms with Gasteiger partial charge in [-0.25, -0.2) is 4.79 Å². The third-order valence-corrected chi connectivity index (χ3v) is 5.75. The van der Waals surface area contributed by atoms with E-state index >= 15 is 0 Å². The van der Waals surface area contributed by atoms with Gasteiger partial charge < -0.3 is 15.0 Å². The molecule has 4 rings (SSSR count). The fourth-order valence-electron chi connectivity index (χ4n) is 4.04. The number of para-hydroxylation sites is 2. The molecule has 0 aliphatic carbocycles. The highest BCUT2D eigenvalue weighted by Gasteiger charge is 2.18. The third kappa shape index (κ3) is 4.62. The molecule has 31 heavy (non-hydrogen) atoms. The van der Waals surface area contributed by atoms with Crippen LogP contribution < -0.4 is 15.9 Å². The number of amides is 1. The van der Waals surface area contributed by atoms with Gasteiger partial charge in [0.1, 0.15) is 0 Å². The Morgan fingerprint density at radius 2 is 1.74 bits per heavy atom. The number of rotatable bonds is 7. The maximum Gasteiger partial charge on any atom is 0.329 e. The Morgan fingerprint density at radius 1 is 1.06 bits per heavy atom. The molecule has 164 valence electrons. The third-order valence-electron chi connectivity index (χ3n) is 5.52. The van der Waals surface area contributed by atoms with Crippen LogP contribution in [-0.4, -0.2) is 41.3 Å². The van der Waals surface area contributed by atoms with Gasteiger partial charge in [0.15, 0.2) is 0 Å². The molecule has 0 saturated carbocycles. The van der Waals surface area contributed by atoms with Gasteiger partial charge in [-0.05, 0) is 36.8 Å². The van der Waals surface area contributed by atoms with Gasteiger partial charge in [0.2, 0.25) is 5.91 Å². The zero-order valence-electron chi connectivity index (χ0n) is 17.6. The van der Waals surface area contributed by atoms with Gasteiger partial charge in [-0.2, -0.15) is 0 Å². The summed E-state index contributed by atoms with van der Waals surface area (Å²) in [6.07, 6.45) is 1.06. The molecule has 1 saturated heterocycles. The highest BCUT2D eigenvalue weighted by atomic mass is 35.5. The minimum absolute atomic E-state index is 0.0763. The topological polar surface area (TPSA) is 68.5 Å². The Hall–Kier alpha value is -2.77. The Labute approximate surface area is 186 Å². The van der Waals surface area contributed by atoms with E-state index in [0.29, 0.717) is 37.0 Å². The molecule has 8 heteroatoms. The maximum atomic E-state index is 12.9. The molecule has 0 unspecified atom stereocenters. The largest absolute Gasteiger partial charge is 0.378 e. The van der Waals surface area contributed by atoms with Crippen molar-refractivity contribution in [2.75, 3.05) is 36.5 Å². The summed E-state index contributed by atoms with van der Waals surface area (Å²) >= 11 is 6.19. The number of halogens is 1. The van der Waals surface area contributed by atoms with Crippen molar-refractivity contribution < 1.29 is 9.53 Å². The van der Waals surface area contributed by atoms with Crippen LogP contribution in [0.2, 0.25) is 5.02 Å². The number of benzene rings is 2. The van der Waals surface area contributed by atoms with E-state index in [1.165, 1.54) is 0 Å². The molecule has 1 amide bonds. The number of hydrogen-bond acceptors (Lipinski definition) is 4. The summed E-state index contributed by atoms with van der Waals surface area (Å²) in [5.41, 5.74) is 3.29. The Balaban J connectivity index is 1.51. The van der Waals surface area contributed by atoms with Crippen molar-refractivity contribution in [1.82, 2.24) is 9.13 Å². The lowest BCUT2D eigenvalue weighted by atomic mass is 10.2. The summed E-state index contributed by atoms with van der Waals surface area (Å²) in [5, 5.41) is 3.55. The molecule has 1 aliphatic rings. The normalized spacial score (nSPS) is 14.2. The number of nitrogens with one attached hydrogen (secondary N) is 1. The van der Waals surface area contributed by atoms with Crippen molar-refractivity contribution in [3.8, 4) is 0 Å². The van der Waals surface area contributed by atoms with E-state index in [4.69, 9.17) is 16.3 Å². The van der Waals surface area contributed by atoms with Crippen molar-refractivity contribution in [3.63, 3.8) is 0 Å². The number of nitrogens with zero attached hydrogens (tertiary/aromatic N) is 3. The lowest BCUT2D eigenvalue weighted by Gasteiger charge is -2.30. The number of morpholine rings is 1. The van der Waals surface area contributed by atoms with Crippen molar-refractivity contribution in [1.29, 1.82) is 0 Å². The smallest absolute Gasteiger partial charge is 0.329 e. The average molecular weight is 443 g/mol. The van der Waals surface area contributed by atoms with E-state index in [9.17, 15) is 9.59 Å². The molecule has 2 aromatic carbocycles. The first-order chi connectivity index (χ1) is 15.1. The molecule has 0 atom stereocenters. The molecule has 1 fully saturated rings. The number of aryl methyl sites for hydroxylation is 2. The van der Waals surface area contributed by atoms with Crippen LogP contribution in [0.4, 0.5) is 11.4 Å². The highest BCUT2D eigenvalue weighted by Crippen LogP contribution is 2.30. The van der Waals surface area contributed by atoms with Gasteiger partial charge in [0.05, 0.1) is 35.6 Å². The first-order valence-corrected chi connectivity index (χ1v) is 11.1. The zero-order chi connectivity index (χ0) is 21.8.